The summed E-state index contributed by atoms with van der Waals surface area (Å²) in [6.45, 7) is 10.8. The Hall–Kier alpha value is -4.97. The summed E-state index contributed by atoms with van der Waals surface area (Å²) in [5, 5.41) is 1.93. The molecular weight excluding hydrogens is 757 g/mol. The van der Waals surface area contributed by atoms with Gasteiger partial charge in [-0.15, -0.1) is 48.5 Å². The van der Waals surface area contributed by atoms with E-state index in [1.54, 1.807) is 0 Å². The Kier molecular flexibility index (Phi) is 7.62. The number of fused-ring (bicyclic) bond motifs is 10. The Morgan fingerprint density at radius 1 is 0.532 bits per heavy atom. The van der Waals surface area contributed by atoms with Crippen LogP contribution in [-0.2, 0) is 25.5 Å². The van der Waals surface area contributed by atoms with E-state index in [2.05, 4.69) is 85.9 Å². The van der Waals surface area contributed by atoms with Crippen LogP contribution in [0.15, 0.2) is 103 Å². The predicted molar refractivity (Wildman–Crippen MR) is 187 cm³/mol. The molecule has 0 unspecified atom stereocenters. The maximum Gasteiger partial charge on any atom is 0.128 e. The van der Waals surface area contributed by atoms with Gasteiger partial charge >= 0.3 is 0 Å². The van der Waals surface area contributed by atoms with E-state index >= 15 is 0 Å². The minimum absolute atomic E-state index is 0. The van der Waals surface area contributed by atoms with Crippen LogP contribution in [0.2, 0.25) is 0 Å². The number of imidazole rings is 2. The van der Waals surface area contributed by atoms with Gasteiger partial charge in [0.25, 0.3) is 0 Å². The third-order valence-corrected chi connectivity index (χ3v) is 8.49. The fourth-order valence-electron chi connectivity index (χ4n) is 6.38. The summed E-state index contributed by atoms with van der Waals surface area (Å²) in [6.07, 6.45) is 0. The van der Waals surface area contributed by atoms with Crippen LogP contribution < -0.4 is 0 Å². The average Bonchev–Trinajstić information content (AvgIpc) is 3.64. The van der Waals surface area contributed by atoms with Crippen molar-refractivity contribution in [1.82, 2.24) is 28.7 Å². The van der Waals surface area contributed by atoms with Crippen molar-refractivity contribution in [1.29, 1.82) is 0 Å². The normalized spacial score (nSPS) is 11.8. The van der Waals surface area contributed by atoms with E-state index in [0.717, 1.165) is 66.8 Å². The summed E-state index contributed by atoms with van der Waals surface area (Å²) in [6, 6.07) is 41.2. The van der Waals surface area contributed by atoms with E-state index < -0.39 is 0 Å². The number of para-hydroxylation sites is 4. The molecule has 0 fully saturated rings. The minimum Gasteiger partial charge on any atom is -0.321 e. The molecule has 0 atom stereocenters. The molecule has 0 amide bonds. The third kappa shape index (κ3) is 5.07. The fraction of sp³-hybridized carbons (Fsp3) is 0.150. The molecule has 0 aliphatic carbocycles. The molecule has 0 spiro atoms. The fourth-order valence-corrected chi connectivity index (χ4v) is 6.38. The summed E-state index contributed by atoms with van der Waals surface area (Å²) in [5.41, 5.74) is 11.4. The van der Waals surface area contributed by atoms with Crippen LogP contribution in [0.25, 0.3) is 66.6 Å². The van der Waals surface area contributed by atoms with E-state index in [9.17, 15) is 0 Å². The monoisotopic (exact) mass is 789 g/mol. The van der Waals surface area contributed by atoms with Crippen molar-refractivity contribution < 1.29 is 20.1 Å². The first-order valence-corrected chi connectivity index (χ1v) is 15.5. The first-order chi connectivity index (χ1) is 22.3. The van der Waals surface area contributed by atoms with Gasteiger partial charge in [0.1, 0.15) is 11.6 Å². The second-order valence-electron chi connectivity index (χ2n) is 12.8. The van der Waals surface area contributed by atoms with Gasteiger partial charge < -0.3 is 8.80 Å². The van der Waals surface area contributed by atoms with E-state index in [1.165, 1.54) is 16.7 Å². The average molecular weight is 789 g/mol. The van der Waals surface area contributed by atoms with Crippen LogP contribution in [0, 0.1) is 26.0 Å². The Labute approximate surface area is 286 Å². The number of aryl methyl sites for hydroxylation is 2. The zero-order chi connectivity index (χ0) is 31.6. The van der Waals surface area contributed by atoms with Gasteiger partial charge in [-0.2, -0.15) is 0 Å². The summed E-state index contributed by atoms with van der Waals surface area (Å²) in [7, 11) is 0. The van der Waals surface area contributed by atoms with Gasteiger partial charge in [-0.25, -0.2) is 0 Å². The van der Waals surface area contributed by atoms with Gasteiger partial charge in [-0.3, -0.25) is 19.9 Å². The molecular formula is C40H32IrN6-2. The first kappa shape index (κ1) is 30.7. The van der Waals surface area contributed by atoms with E-state index in [0.29, 0.717) is 0 Å². The van der Waals surface area contributed by atoms with Crippen molar-refractivity contribution in [2.75, 3.05) is 0 Å². The number of aromatic nitrogens is 6. The van der Waals surface area contributed by atoms with Gasteiger partial charge in [-0.1, -0.05) is 74.0 Å². The molecule has 233 valence electrons. The molecule has 47 heavy (non-hydrogen) atoms. The van der Waals surface area contributed by atoms with Gasteiger partial charge in [0.15, 0.2) is 0 Å². The number of hydrogen-bond acceptors (Lipinski definition) is 4. The van der Waals surface area contributed by atoms with Crippen molar-refractivity contribution in [2.24, 2.45) is 0 Å². The molecule has 9 aromatic rings. The Morgan fingerprint density at radius 3 is 1.60 bits per heavy atom. The molecule has 5 aromatic carbocycles. The third-order valence-electron chi connectivity index (χ3n) is 8.49. The molecule has 0 bridgehead atoms. The van der Waals surface area contributed by atoms with Crippen LogP contribution in [0.3, 0.4) is 0 Å². The number of rotatable bonds is 1. The van der Waals surface area contributed by atoms with Crippen molar-refractivity contribution in [3.8, 4) is 11.4 Å². The van der Waals surface area contributed by atoms with Crippen molar-refractivity contribution >= 4 is 55.2 Å². The van der Waals surface area contributed by atoms with Crippen molar-refractivity contribution in [3.05, 3.63) is 132 Å². The first-order valence-electron chi connectivity index (χ1n) is 15.5. The topological polar surface area (TPSA) is 60.4 Å². The van der Waals surface area contributed by atoms with E-state index in [-0.39, 0.29) is 25.5 Å². The Bertz CT molecular complexity index is 2590. The number of benzene rings is 5. The standard InChI is InChI=1S/C22H16N3.C18H16N3.Ir/c1-14-8-7-9-15(2)20(14)22-23-17-11-4-3-10-16(17)21-24-18-12-5-6-13-19(18)25(21)22;1-18(2,3)17-20-13-9-5-4-8-12(13)16-19-14-10-6-7-11-15(14)21(16)17;/h3-9,11-13H,1-2H3;4-7,9-11H,1-3H3;/q2*-1;. The molecule has 9 rings (SSSR count). The molecule has 0 aliphatic rings. The van der Waals surface area contributed by atoms with Crippen molar-refractivity contribution in [2.45, 2.75) is 40.0 Å². The summed E-state index contributed by atoms with van der Waals surface area (Å²) in [4.78, 5) is 19.6. The smallest absolute Gasteiger partial charge is 0.128 e. The molecule has 0 aliphatic heterocycles. The molecule has 1 radical (unpaired) electrons. The Morgan fingerprint density at radius 2 is 1.02 bits per heavy atom. The van der Waals surface area contributed by atoms with Crippen LogP contribution >= 0.6 is 0 Å². The quantitative estimate of drug-likeness (QED) is 0.156. The molecule has 0 saturated heterocycles. The van der Waals surface area contributed by atoms with Gasteiger partial charge in [0, 0.05) is 31.1 Å². The SMILES string of the molecule is CC(C)(C)c1nc2ccc[c-]c2c2nc3ccccc3n12.Cc1cccc(C)c1-c1nc2ccc[c-]c2c2nc3ccccc3n12.[Ir]. The maximum atomic E-state index is 5.01. The predicted octanol–water partition coefficient (Wildman–Crippen LogP) is 9.25. The maximum absolute atomic E-state index is 5.01. The van der Waals surface area contributed by atoms with Gasteiger partial charge in [0.05, 0.1) is 33.4 Å². The van der Waals surface area contributed by atoms with E-state index in [1.807, 2.05) is 72.8 Å². The molecule has 7 heteroatoms. The van der Waals surface area contributed by atoms with Crippen LogP contribution in [0.4, 0.5) is 0 Å². The molecule has 4 heterocycles. The van der Waals surface area contributed by atoms with E-state index in [4.69, 9.17) is 19.9 Å². The van der Waals surface area contributed by atoms with Crippen LogP contribution in [-0.4, -0.2) is 28.7 Å². The zero-order valence-electron chi connectivity index (χ0n) is 26.8. The number of nitrogens with zero attached hydrogens (tertiary/aromatic N) is 6. The summed E-state index contributed by atoms with van der Waals surface area (Å²) in [5.74, 6) is 1.96. The van der Waals surface area contributed by atoms with Gasteiger partial charge in [0.2, 0.25) is 0 Å². The van der Waals surface area contributed by atoms with Crippen LogP contribution in [0.5, 0.6) is 0 Å². The van der Waals surface area contributed by atoms with Gasteiger partial charge in [-0.05, 0) is 60.3 Å². The molecule has 0 saturated carbocycles. The second-order valence-corrected chi connectivity index (χ2v) is 12.8. The summed E-state index contributed by atoms with van der Waals surface area (Å²) >= 11 is 0. The molecule has 0 N–H and O–H groups in total. The summed E-state index contributed by atoms with van der Waals surface area (Å²) < 4.78 is 4.34. The Balaban J connectivity index is 0.000000148. The minimum atomic E-state index is -0.0637. The zero-order valence-corrected chi connectivity index (χ0v) is 29.2. The largest absolute Gasteiger partial charge is 0.321 e. The van der Waals surface area contributed by atoms with Crippen molar-refractivity contribution in [3.63, 3.8) is 0 Å². The molecule has 4 aromatic heterocycles. The van der Waals surface area contributed by atoms with Crippen LogP contribution in [0.1, 0.15) is 37.7 Å². The molecule has 6 nitrogen and oxygen atoms in total. The second kappa shape index (κ2) is 11.7. The number of hydrogen-bond donors (Lipinski definition) is 0.